The van der Waals surface area contributed by atoms with E-state index >= 15 is 0 Å². The summed E-state index contributed by atoms with van der Waals surface area (Å²) in [5.41, 5.74) is 0.898. The van der Waals surface area contributed by atoms with E-state index in [1.54, 1.807) is 24.3 Å². The van der Waals surface area contributed by atoms with Crippen LogP contribution in [-0.4, -0.2) is 29.8 Å². The number of carbonyl (C=O) groups is 2. The van der Waals surface area contributed by atoms with Crippen molar-refractivity contribution in [2.75, 3.05) is 18.4 Å². The van der Waals surface area contributed by atoms with Gasteiger partial charge in [0, 0.05) is 13.0 Å². The molecular weight excluding hydrogens is 230 g/mol. The Kier molecular flexibility index (Phi) is 3.58. The maximum atomic E-state index is 11.8. The summed E-state index contributed by atoms with van der Waals surface area (Å²) in [5, 5.41) is 11.5. The molecule has 1 heterocycles. The van der Waals surface area contributed by atoms with Gasteiger partial charge in [-0.25, -0.2) is 0 Å². The van der Waals surface area contributed by atoms with E-state index in [0.717, 1.165) is 6.42 Å². The number of benzene rings is 1. The standard InChI is InChI=1S/C13H13N3O2/c14-8-10-4-1-2-5-11(10)15-12(17)9-16-7-3-6-13(16)18/h1-2,4-5H,3,6-7,9H2,(H,15,17). The number of rotatable bonds is 3. The van der Waals surface area contributed by atoms with Crippen molar-refractivity contribution in [3.63, 3.8) is 0 Å². The SMILES string of the molecule is N#Cc1ccccc1NC(=O)CN1CCCC1=O. The smallest absolute Gasteiger partial charge is 0.244 e. The molecule has 2 rings (SSSR count). The molecule has 1 aromatic rings. The minimum absolute atomic E-state index is 0.0127. The van der Waals surface area contributed by atoms with E-state index < -0.39 is 0 Å². The summed E-state index contributed by atoms with van der Waals surface area (Å²) in [4.78, 5) is 24.7. The molecule has 2 amide bonds. The Hall–Kier alpha value is -2.35. The third-order valence-corrected chi connectivity index (χ3v) is 2.83. The van der Waals surface area contributed by atoms with Gasteiger partial charge in [-0.1, -0.05) is 12.1 Å². The quantitative estimate of drug-likeness (QED) is 0.864. The summed E-state index contributed by atoms with van der Waals surface area (Å²) in [5.74, 6) is -0.258. The molecule has 1 N–H and O–H groups in total. The molecule has 0 aromatic heterocycles. The third-order valence-electron chi connectivity index (χ3n) is 2.83. The average Bonchev–Trinajstić information content (AvgIpc) is 2.75. The molecule has 0 bridgehead atoms. The fourth-order valence-corrected chi connectivity index (χ4v) is 1.92. The maximum absolute atomic E-state index is 11.8. The minimum atomic E-state index is -0.270. The summed E-state index contributed by atoms with van der Waals surface area (Å²) in [6.45, 7) is 0.685. The lowest BCUT2D eigenvalue weighted by atomic mass is 10.2. The predicted octanol–water partition coefficient (Wildman–Crippen LogP) is 1.12. The number of para-hydroxylation sites is 1. The van der Waals surface area contributed by atoms with Crippen LogP contribution < -0.4 is 5.32 Å². The van der Waals surface area contributed by atoms with Gasteiger partial charge in [-0.15, -0.1) is 0 Å². The molecule has 0 unspecified atom stereocenters. The number of hydrogen-bond donors (Lipinski definition) is 1. The number of anilines is 1. The monoisotopic (exact) mass is 243 g/mol. The van der Waals surface area contributed by atoms with E-state index in [4.69, 9.17) is 5.26 Å². The van der Waals surface area contributed by atoms with E-state index in [9.17, 15) is 9.59 Å². The van der Waals surface area contributed by atoms with Gasteiger partial charge in [0.2, 0.25) is 11.8 Å². The molecule has 1 saturated heterocycles. The second-order valence-electron chi connectivity index (χ2n) is 4.12. The molecule has 0 atom stereocenters. The molecule has 92 valence electrons. The van der Waals surface area contributed by atoms with Crippen molar-refractivity contribution in [1.29, 1.82) is 5.26 Å². The number of likely N-dealkylation sites (tertiary alicyclic amines) is 1. The largest absolute Gasteiger partial charge is 0.333 e. The lowest BCUT2D eigenvalue weighted by molar-refractivity contribution is -0.131. The van der Waals surface area contributed by atoms with Gasteiger partial charge in [0.25, 0.3) is 0 Å². The van der Waals surface area contributed by atoms with Crippen molar-refractivity contribution in [2.24, 2.45) is 0 Å². The molecule has 1 fully saturated rings. The molecule has 5 heteroatoms. The Bertz CT molecular complexity index is 519. The zero-order valence-corrected chi connectivity index (χ0v) is 9.85. The molecule has 0 aliphatic carbocycles. The van der Waals surface area contributed by atoms with Gasteiger partial charge in [0.05, 0.1) is 17.8 Å². The van der Waals surface area contributed by atoms with Crippen LogP contribution >= 0.6 is 0 Å². The van der Waals surface area contributed by atoms with E-state index in [1.165, 1.54) is 4.90 Å². The van der Waals surface area contributed by atoms with Crippen LogP contribution in [0.4, 0.5) is 5.69 Å². The zero-order valence-electron chi connectivity index (χ0n) is 9.85. The van der Waals surface area contributed by atoms with Crippen LogP contribution in [-0.2, 0) is 9.59 Å². The average molecular weight is 243 g/mol. The number of nitriles is 1. The molecule has 18 heavy (non-hydrogen) atoms. The summed E-state index contributed by atoms with van der Waals surface area (Å²) < 4.78 is 0. The van der Waals surface area contributed by atoms with Crippen molar-refractivity contribution in [2.45, 2.75) is 12.8 Å². The highest BCUT2D eigenvalue weighted by Gasteiger charge is 2.22. The predicted molar refractivity (Wildman–Crippen MR) is 65.6 cm³/mol. The first-order chi connectivity index (χ1) is 8.70. The topological polar surface area (TPSA) is 73.2 Å². The Morgan fingerprint density at radius 2 is 2.22 bits per heavy atom. The summed E-state index contributed by atoms with van der Waals surface area (Å²) >= 11 is 0. The number of nitrogens with zero attached hydrogens (tertiary/aromatic N) is 2. The third kappa shape index (κ3) is 2.66. The second kappa shape index (κ2) is 5.32. The number of hydrogen-bond acceptors (Lipinski definition) is 3. The number of nitrogens with one attached hydrogen (secondary N) is 1. The van der Waals surface area contributed by atoms with Crippen molar-refractivity contribution >= 4 is 17.5 Å². The van der Waals surface area contributed by atoms with Crippen LogP contribution in [0, 0.1) is 11.3 Å². The van der Waals surface area contributed by atoms with Crippen LogP contribution in [0.5, 0.6) is 0 Å². The van der Waals surface area contributed by atoms with Gasteiger partial charge in [-0.05, 0) is 18.6 Å². The van der Waals surface area contributed by atoms with E-state index in [0.29, 0.717) is 24.2 Å². The second-order valence-corrected chi connectivity index (χ2v) is 4.12. The van der Waals surface area contributed by atoms with Crippen LogP contribution in [0.1, 0.15) is 18.4 Å². The van der Waals surface area contributed by atoms with Crippen molar-refractivity contribution in [1.82, 2.24) is 4.90 Å². The summed E-state index contributed by atoms with van der Waals surface area (Å²) in [6.07, 6.45) is 1.32. The van der Waals surface area contributed by atoms with Gasteiger partial charge in [0.15, 0.2) is 0 Å². The Balaban J connectivity index is 1.99. The lowest BCUT2D eigenvalue weighted by Crippen LogP contribution is -2.34. The highest BCUT2D eigenvalue weighted by molar-refractivity contribution is 5.95. The van der Waals surface area contributed by atoms with Crippen LogP contribution in [0.3, 0.4) is 0 Å². The fourth-order valence-electron chi connectivity index (χ4n) is 1.92. The van der Waals surface area contributed by atoms with Gasteiger partial charge in [-0.3, -0.25) is 9.59 Å². The first kappa shape index (κ1) is 12.1. The van der Waals surface area contributed by atoms with Crippen molar-refractivity contribution in [3.8, 4) is 6.07 Å². The normalized spacial score (nSPS) is 14.4. The minimum Gasteiger partial charge on any atom is -0.333 e. The molecule has 1 aliphatic heterocycles. The van der Waals surface area contributed by atoms with Gasteiger partial charge in [-0.2, -0.15) is 5.26 Å². The number of amides is 2. The van der Waals surface area contributed by atoms with Gasteiger partial charge >= 0.3 is 0 Å². The molecule has 0 saturated carbocycles. The highest BCUT2D eigenvalue weighted by Crippen LogP contribution is 2.14. The highest BCUT2D eigenvalue weighted by atomic mass is 16.2. The Labute approximate surface area is 105 Å². The van der Waals surface area contributed by atoms with E-state index in [1.807, 2.05) is 6.07 Å². The summed E-state index contributed by atoms with van der Waals surface area (Å²) in [6, 6.07) is 8.79. The maximum Gasteiger partial charge on any atom is 0.244 e. The number of carbonyl (C=O) groups excluding carboxylic acids is 2. The van der Waals surface area contributed by atoms with Gasteiger partial charge in [0.1, 0.15) is 6.07 Å². The van der Waals surface area contributed by atoms with E-state index in [2.05, 4.69) is 5.32 Å². The first-order valence-corrected chi connectivity index (χ1v) is 5.77. The molecule has 1 aromatic carbocycles. The van der Waals surface area contributed by atoms with Crippen LogP contribution in [0.25, 0.3) is 0 Å². The zero-order chi connectivity index (χ0) is 13.0. The van der Waals surface area contributed by atoms with Crippen molar-refractivity contribution in [3.05, 3.63) is 29.8 Å². The van der Waals surface area contributed by atoms with Crippen molar-refractivity contribution < 1.29 is 9.59 Å². The van der Waals surface area contributed by atoms with Crippen LogP contribution in [0.2, 0.25) is 0 Å². The summed E-state index contributed by atoms with van der Waals surface area (Å²) in [7, 11) is 0. The first-order valence-electron chi connectivity index (χ1n) is 5.77. The lowest BCUT2D eigenvalue weighted by Gasteiger charge is -2.15. The molecular formula is C13H13N3O2. The Morgan fingerprint density at radius 1 is 1.44 bits per heavy atom. The fraction of sp³-hybridized carbons (Fsp3) is 0.308. The Morgan fingerprint density at radius 3 is 2.89 bits per heavy atom. The van der Waals surface area contributed by atoms with Crippen LogP contribution in [0.15, 0.2) is 24.3 Å². The molecule has 1 aliphatic rings. The molecule has 5 nitrogen and oxygen atoms in total. The van der Waals surface area contributed by atoms with E-state index in [-0.39, 0.29) is 18.4 Å². The van der Waals surface area contributed by atoms with Gasteiger partial charge < -0.3 is 10.2 Å². The molecule has 0 spiro atoms. The molecule has 0 radical (unpaired) electrons.